The van der Waals surface area contributed by atoms with Gasteiger partial charge in [-0.3, -0.25) is 0 Å². The van der Waals surface area contributed by atoms with Gasteiger partial charge in [-0.1, -0.05) is 72.8 Å². The molecule has 3 N–H and O–H groups in total. The zero-order valence-corrected chi connectivity index (χ0v) is 21.5. The van der Waals surface area contributed by atoms with Crippen molar-refractivity contribution in [2.45, 2.75) is 25.3 Å². The van der Waals surface area contributed by atoms with Crippen LogP contribution in [0.1, 0.15) is 46.8 Å². The Hall–Kier alpha value is -4.16. The van der Waals surface area contributed by atoms with Crippen molar-refractivity contribution in [2.75, 3.05) is 25.0 Å². The van der Waals surface area contributed by atoms with E-state index >= 15 is 0 Å². The molecular formula is C32H33N3O3. The van der Waals surface area contributed by atoms with E-state index in [1.54, 1.807) is 12.1 Å². The van der Waals surface area contributed by atoms with Gasteiger partial charge in [-0.25, -0.2) is 9.59 Å². The molecule has 0 aromatic heterocycles. The van der Waals surface area contributed by atoms with E-state index in [9.17, 15) is 9.59 Å². The molecule has 0 spiro atoms. The number of urea groups is 1. The third-order valence-corrected chi connectivity index (χ3v) is 7.61. The van der Waals surface area contributed by atoms with Gasteiger partial charge in [-0.05, 0) is 71.3 Å². The second-order valence-electron chi connectivity index (χ2n) is 10.0. The first-order valence-corrected chi connectivity index (χ1v) is 13.1. The Labute approximate surface area is 223 Å². The first-order valence-electron chi connectivity index (χ1n) is 13.1. The van der Waals surface area contributed by atoms with Gasteiger partial charge >= 0.3 is 12.0 Å². The van der Waals surface area contributed by atoms with Crippen LogP contribution in [0, 0.1) is 5.92 Å². The van der Waals surface area contributed by atoms with Crippen molar-refractivity contribution in [3.05, 3.63) is 114 Å². The summed E-state index contributed by atoms with van der Waals surface area (Å²) in [7, 11) is 0. The van der Waals surface area contributed by atoms with Crippen molar-refractivity contribution in [3.8, 4) is 0 Å². The van der Waals surface area contributed by atoms with Gasteiger partial charge < -0.3 is 20.6 Å². The van der Waals surface area contributed by atoms with Crippen molar-refractivity contribution >= 4 is 28.5 Å². The number of piperidine rings is 1. The van der Waals surface area contributed by atoms with Crippen molar-refractivity contribution in [2.24, 2.45) is 5.92 Å². The minimum absolute atomic E-state index is 0.160. The van der Waals surface area contributed by atoms with Crippen LogP contribution < -0.4 is 10.6 Å². The number of nitrogens with one attached hydrogen (secondary N) is 2. The summed E-state index contributed by atoms with van der Waals surface area (Å²) in [4.78, 5) is 26.2. The Bertz CT molecular complexity index is 1400. The van der Waals surface area contributed by atoms with E-state index in [0.29, 0.717) is 24.7 Å². The van der Waals surface area contributed by atoms with Gasteiger partial charge in [0.15, 0.2) is 0 Å². The summed E-state index contributed by atoms with van der Waals surface area (Å²) < 4.78 is 0. The van der Waals surface area contributed by atoms with Crippen LogP contribution in [-0.4, -0.2) is 41.6 Å². The highest BCUT2D eigenvalue weighted by molar-refractivity contribution is 5.91. The first-order chi connectivity index (χ1) is 18.5. The van der Waals surface area contributed by atoms with Crippen LogP contribution in [0.5, 0.6) is 0 Å². The molecule has 194 valence electrons. The van der Waals surface area contributed by atoms with Gasteiger partial charge in [-0.2, -0.15) is 0 Å². The molecule has 5 rings (SSSR count). The Balaban J connectivity index is 1.30. The maximum absolute atomic E-state index is 13.2. The molecule has 0 aliphatic carbocycles. The summed E-state index contributed by atoms with van der Waals surface area (Å²) in [6.07, 6.45) is 0.879. The highest BCUT2D eigenvalue weighted by atomic mass is 16.4. The molecule has 4 aromatic rings. The number of carboxylic acids is 1. The average Bonchev–Trinajstić information content (AvgIpc) is 2.96. The maximum atomic E-state index is 13.2. The summed E-state index contributed by atoms with van der Waals surface area (Å²) >= 11 is 0. The van der Waals surface area contributed by atoms with Crippen LogP contribution in [0.3, 0.4) is 0 Å². The molecule has 0 radical (unpaired) electrons. The molecule has 2 unspecified atom stereocenters. The number of anilines is 1. The minimum Gasteiger partial charge on any atom is -0.478 e. The van der Waals surface area contributed by atoms with Crippen molar-refractivity contribution in [3.63, 3.8) is 0 Å². The number of carboxylic acid groups (broad SMARTS) is 1. The highest BCUT2D eigenvalue weighted by Gasteiger charge is 2.32. The second-order valence-corrected chi connectivity index (χ2v) is 10.0. The molecule has 38 heavy (non-hydrogen) atoms. The number of hydrogen-bond acceptors (Lipinski definition) is 3. The largest absolute Gasteiger partial charge is 0.478 e. The summed E-state index contributed by atoms with van der Waals surface area (Å²) in [5.74, 6) is -0.398. The smallest absolute Gasteiger partial charge is 0.335 e. The molecule has 1 saturated heterocycles. The minimum atomic E-state index is -0.987. The van der Waals surface area contributed by atoms with Crippen LogP contribution >= 0.6 is 0 Å². The fraction of sp³-hybridized carbons (Fsp3) is 0.250. The van der Waals surface area contributed by atoms with E-state index < -0.39 is 5.97 Å². The number of likely N-dealkylation sites (tertiary alicyclic amines) is 1. The molecule has 6 nitrogen and oxygen atoms in total. The molecule has 1 aliphatic heterocycles. The van der Waals surface area contributed by atoms with Gasteiger partial charge in [0.2, 0.25) is 0 Å². The van der Waals surface area contributed by atoms with Crippen molar-refractivity contribution < 1.29 is 14.7 Å². The lowest BCUT2D eigenvalue weighted by atomic mass is 9.80. The van der Waals surface area contributed by atoms with E-state index in [4.69, 9.17) is 5.11 Å². The Morgan fingerprint density at radius 1 is 0.921 bits per heavy atom. The summed E-state index contributed by atoms with van der Waals surface area (Å²) in [5.41, 5.74) is 3.36. The molecule has 6 heteroatoms. The summed E-state index contributed by atoms with van der Waals surface area (Å²) in [6, 6.07) is 31.7. The first kappa shape index (κ1) is 25.5. The van der Waals surface area contributed by atoms with Gasteiger partial charge in [0, 0.05) is 31.4 Å². The number of nitrogens with zero attached hydrogens (tertiary/aromatic N) is 1. The molecule has 1 fully saturated rings. The van der Waals surface area contributed by atoms with Crippen LogP contribution in [0.15, 0.2) is 97.1 Å². The molecule has 0 saturated carbocycles. The van der Waals surface area contributed by atoms with Crippen LogP contribution in [0.25, 0.3) is 10.8 Å². The number of benzene rings is 4. The predicted molar refractivity (Wildman–Crippen MR) is 152 cm³/mol. The molecule has 0 bridgehead atoms. The normalized spacial score (nSPS) is 18.2. The second kappa shape index (κ2) is 11.5. The number of fused-ring (bicyclic) bond motifs is 1. The predicted octanol–water partition coefficient (Wildman–Crippen LogP) is 6.53. The lowest BCUT2D eigenvalue weighted by Gasteiger charge is -2.39. The van der Waals surface area contributed by atoms with Crippen LogP contribution in [0.2, 0.25) is 0 Å². The molecule has 4 aromatic carbocycles. The highest BCUT2D eigenvalue weighted by Crippen LogP contribution is 2.34. The molecule has 2 amide bonds. The average molecular weight is 508 g/mol. The molecule has 1 heterocycles. The topological polar surface area (TPSA) is 81.7 Å². The van der Waals surface area contributed by atoms with E-state index in [1.807, 2.05) is 11.0 Å². The molecule has 3 atom stereocenters. The monoisotopic (exact) mass is 507 g/mol. The Morgan fingerprint density at radius 3 is 2.39 bits per heavy atom. The summed E-state index contributed by atoms with van der Waals surface area (Å²) in [5, 5.41) is 18.3. The van der Waals surface area contributed by atoms with Crippen molar-refractivity contribution in [1.29, 1.82) is 0 Å². The van der Waals surface area contributed by atoms with Gasteiger partial charge in [-0.15, -0.1) is 0 Å². The Morgan fingerprint density at radius 2 is 1.63 bits per heavy atom. The lowest BCUT2D eigenvalue weighted by molar-refractivity contribution is 0.0697. The van der Waals surface area contributed by atoms with E-state index in [1.165, 1.54) is 34.0 Å². The van der Waals surface area contributed by atoms with Gasteiger partial charge in [0.1, 0.15) is 0 Å². The Kier molecular flexibility index (Phi) is 7.70. The maximum Gasteiger partial charge on any atom is 0.335 e. The number of carbonyl (C=O) groups is 2. The molecular weight excluding hydrogens is 474 g/mol. The number of carbonyl (C=O) groups excluding carboxylic acids is 1. The number of amides is 2. The number of hydrogen-bond donors (Lipinski definition) is 3. The fourth-order valence-corrected chi connectivity index (χ4v) is 5.53. The quantitative estimate of drug-likeness (QED) is 0.266. The number of rotatable bonds is 7. The van der Waals surface area contributed by atoms with Crippen LogP contribution in [-0.2, 0) is 0 Å². The summed E-state index contributed by atoms with van der Waals surface area (Å²) in [6.45, 7) is 4.27. The van der Waals surface area contributed by atoms with Gasteiger partial charge in [0.05, 0.1) is 5.56 Å². The van der Waals surface area contributed by atoms with E-state index in [2.05, 4.69) is 84.3 Å². The third-order valence-electron chi connectivity index (χ3n) is 7.61. The standard InChI is InChI=1S/C32H33N3O3/c1-22(28-13-7-11-24-10-5-6-12-30(24)28)33-20-26-21-35(19-18-29(26)23-8-3-2-4-9-23)32(38)34-27-16-14-25(15-17-27)31(36)37/h2-17,22,26,29,33H,18-21H2,1H3,(H,34,38)(H,36,37)/t22-,26?,29?/m1/s1. The van der Waals surface area contributed by atoms with E-state index in [0.717, 1.165) is 13.0 Å². The zero-order chi connectivity index (χ0) is 26.5. The fourth-order valence-electron chi connectivity index (χ4n) is 5.53. The van der Waals surface area contributed by atoms with Gasteiger partial charge in [0.25, 0.3) is 0 Å². The third kappa shape index (κ3) is 5.71. The number of aromatic carboxylic acids is 1. The lowest BCUT2D eigenvalue weighted by Crippen LogP contribution is -2.47. The zero-order valence-electron chi connectivity index (χ0n) is 21.5. The SMILES string of the molecule is C[C@@H](NCC1CN(C(=O)Nc2ccc(C(=O)O)cc2)CCC1c1ccccc1)c1cccc2ccccc12. The van der Waals surface area contributed by atoms with E-state index in [-0.39, 0.29) is 23.6 Å². The molecule has 1 aliphatic rings. The van der Waals surface area contributed by atoms with Crippen molar-refractivity contribution in [1.82, 2.24) is 10.2 Å². The van der Waals surface area contributed by atoms with Crippen LogP contribution in [0.4, 0.5) is 10.5 Å².